The van der Waals surface area contributed by atoms with Crippen LogP contribution >= 0.6 is 15.9 Å². The predicted octanol–water partition coefficient (Wildman–Crippen LogP) is 0.990. The van der Waals surface area contributed by atoms with Gasteiger partial charge in [-0.2, -0.15) is 0 Å². The van der Waals surface area contributed by atoms with Gasteiger partial charge in [0.2, 0.25) is 0 Å². The fraction of sp³-hybridized carbons (Fsp3) is 0.188. The summed E-state index contributed by atoms with van der Waals surface area (Å²) in [5.74, 6) is -1.23. The van der Waals surface area contributed by atoms with Gasteiger partial charge in [-0.25, -0.2) is 19.2 Å². The molecule has 2 aromatic heterocycles. The fourth-order valence-electron chi connectivity index (χ4n) is 2.58. The first-order valence-electron chi connectivity index (χ1n) is 7.11. The average molecular weight is 416 g/mol. The summed E-state index contributed by atoms with van der Waals surface area (Å²) in [6.07, 6.45) is 5.00. The largest absolute Gasteiger partial charge is 1.00 e. The molecule has 0 radical (unpaired) electrons. The van der Waals surface area contributed by atoms with Crippen molar-refractivity contribution in [2.75, 3.05) is 0 Å². The molecule has 24 heavy (non-hydrogen) atoms. The number of carboxylic acid groups (broad SMARTS) is 1. The minimum absolute atomic E-state index is 0. The minimum atomic E-state index is -1.08. The molecule has 0 unspecified atom stereocenters. The zero-order valence-corrected chi connectivity index (χ0v) is 17.5. The van der Waals surface area contributed by atoms with Crippen molar-refractivity contribution < 1.29 is 67.1 Å². The molecule has 118 valence electrons. The molecule has 0 aliphatic heterocycles. The number of imidazole rings is 1. The van der Waals surface area contributed by atoms with E-state index in [1.807, 2.05) is 0 Å². The molecule has 1 saturated carbocycles. The first-order valence-corrected chi connectivity index (χ1v) is 7.90. The average Bonchev–Trinajstić information content (AvgIpc) is 3.25. The Hall–Kier alpha value is -0.644. The van der Waals surface area contributed by atoms with Crippen LogP contribution in [0, 0.1) is 5.82 Å². The Morgan fingerprint density at radius 1 is 1.33 bits per heavy atom. The number of carboxylic acids is 1. The number of fused-ring (bicyclic) bond motifs is 1. The van der Waals surface area contributed by atoms with E-state index in [4.69, 9.17) is 0 Å². The van der Waals surface area contributed by atoms with Crippen LogP contribution in [0.25, 0.3) is 16.9 Å². The second-order valence-corrected chi connectivity index (χ2v) is 6.49. The number of rotatable bonds is 3. The Morgan fingerprint density at radius 3 is 2.71 bits per heavy atom. The van der Waals surface area contributed by atoms with Gasteiger partial charge in [-0.3, -0.25) is 0 Å². The maximum atomic E-state index is 14.2. The van der Waals surface area contributed by atoms with Gasteiger partial charge in [-0.1, -0.05) is 15.9 Å². The van der Waals surface area contributed by atoms with Crippen molar-refractivity contribution in [1.82, 2.24) is 14.4 Å². The van der Waals surface area contributed by atoms with Crippen molar-refractivity contribution >= 4 is 27.5 Å². The van der Waals surface area contributed by atoms with Gasteiger partial charge in [-0.15, -0.1) is 0 Å². The van der Waals surface area contributed by atoms with Gasteiger partial charge < -0.3 is 10.9 Å². The summed E-state index contributed by atoms with van der Waals surface area (Å²) in [6, 6.07) is 4.76. The summed E-state index contributed by atoms with van der Waals surface area (Å²) in [4.78, 5) is 20.0. The van der Waals surface area contributed by atoms with Gasteiger partial charge in [0.1, 0.15) is 5.82 Å². The molecule has 0 saturated heterocycles. The molecule has 1 aromatic carbocycles. The second kappa shape index (κ2) is 6.93. The third-order valence-electron chi connectivity index (χ3n) is 3.85. The number of hydrogen-bond acceptors (Lipinski definition) is 3. The third-order valence-corrected chi connectivity index (χ3v) is 4.35. The summed E-state index contributed by atoms with van der Waals surface area (Å²) in [5.41, 5.74) is 2.07. The van der Waals surface area contributed by atoms with Crippen molar-refractivity contribution in [3.8, 4) is 11.3 Å². The maximum absolute atomic E-state index is 14.2. The van der Waals surface area contributed by atoms with Gasteiger partial charge in [0.25, 0.3) is 0 Å². The zero-order valence-electron chi connectivity index (χ0n) is 13.8. The van der Waals surface area contributed by atoms with E-state index in [1.54, 1.807) is 22.7 Å². The number of carbonyl (C=O) groups is 1. The second-order valence-electron chi connectivity index (χ2n) is 5.57. The molecule has 1 fully saturated rings. The van der Waals surface area contributed by atoms with E-state index in [1.165, 1.54) is 12.3 Å². The van der Waals surface area contributed by atoms with Crippen molar-refractivity contribution in [1.29, 1.82) is 0 Å². The molecule has 1 N–H and O–H groups in total. The first-order chi connectivity index (χ1) is 11.0. The van der Waals surface area contributed by atoms with Crippen LogP contribution in [-0.2, 0) is 0 Å². The van der Waals surface area contributed by atoms with E-state index in [-0.39, 0.29) is 70.2 Å². The Balaban J connectivity index is 0.00000113. The molecule has 8 heteroatoms. The first kappa shape index (κ1) is 18.2. The molecule has 3 aromatic rings. The van der Waals surface area contributed by atoms with Crippen molar-refractivity contribution in [3.05, 3.63) is 52.3 Å². The van der Waals surface area contributed by atoms with Gasteiger partial charge in [-0.05, 0) is 31.0 Å². The number of nitrogens with zero attached hydrogens (tertiary/aromatic N) is 3. The van der Waals surface area contributed by atoms with Gasteiger partial charge in [0.15, 0.2) is 11.3 Å². The topological polar surface area (TPSA) is 67.5 Å². The van der Waals surface area contributed by atoms with E-state index in [9.17, 15) is 14.3 Å². The van der Waals surface area contributed by atoms with Crippen molar-refractivity contribution in [3.63, 3.8) is 0 Å². The van der Waals surface area contributed by atoms with Crippen LogP contribution in [0.15, 0.2) is 35.1 Å². The molecule has 0 spiro atoms. The summed E-state index contributed by atoms with van der Waals surface area (Å²) in [5, 5.41) is 9.21. The van der Waals surface area contributed by atoms with E-state index in [0.717, 1.165) is 12.8 Å². The maximum Gasteiger partial charge on any atom is 1.00 e. The van der Waals surface area contributed by atoms with Crippen LogP contribution in [0.1, 0.15) is 36.4 Å². The van der Waals surface area contributed by atoms with Crippen LogP contribution < -0.4 is 51.4 Å². The Kier molecular flexibility index (Phi) is 5.24. The quantitative estimate of drug-likeness (QED) is 0.647. The fourth-order valence-corrected chi connectivity index (χ4v) is 2.92. The minimum Gasteiger partial charge on any atom is -1.00 e. The zero-order chi connectivity index (χ0) is 16.1. The summed E-state index contributed by atoms with van der Waals surface area (Å²) < 4.78 is 16.4. The van der Waals surface area contributed by atoms with Gasteiger partial charge >= 0.3 is 57.4 Å². The predicted molar refractivity (Wildman–Crippen MR) is 86.1 cm³/mol. The number of hydrogen-bond donors (Lipinski definition) is 1. The smallest absolute Gasteiger partial charge is 1.00 e. The molecule has 1 aliphatic rings. The monoisotopic (exact) mass is 415 g/mol. The van der Waals surface area contributed by atoms with Crippen LogP contribution in [0.5, 0.6) is 0 Å². The van der Waals surface area contributed by atoms with Crippen LogP contribution in [-0.4, -0.2) is 25.4 Å². The number of aromatic nitrogens is 3. The SMILES string of the molecule is O=C(O)c1cn2cc(-c3ccc(Br)cc3F)nc2c(C2CC2)n1.[H-].[K+]. The molecule has 4 rings (SSSR count). The number of aromatic carboxylic acids is 1. The molecule has 1 aliphatic carbocycles. The third kappa shape index (κ3) is 3.36. The van der Waals surface area contributed by atoms with Crippen molar-refractivity contribution in [2.45, 2.75) is 18.8 Å². The van der Waals surface area contributed by atoms with Gasteiger partial charge in [0, 0.05) is 28.3 Å². The standard InChI is InChI=1S/C16H11BrFN3O2.K.H/c17-9-3-4-10(11(18)5-9)12-6-21-7-13(16(22)23)19-14(8-1-2-8)15(21)20-12;;/h3-8H,1-2H2,(H,22,23);;/q;+1;-1. The van der Waals surface area contributed by atoms with E-state index in [2.05, 4.69) is 25.9 Å². The van der Waals surface area contributed by atoms with E-state index >= 15 is 0 Å². The molecule has 2 heterocycles. The molecule has 0 atom stereocenters. The Morgan fingerprint density at radius 2 is 2.08 bits per heavy atom. The molecular formula is C16H12BrFKN3O2. The number of halogens is 2. The number of benzene rings is 1. The summed E-state index contributed by atoms with van der Waals surface area (Å²) in [6.45, 7) is 0. The van der Waals surface area contributed by atoms with Crippen molar-refractivity contribution in [2.24, 2.45) is 0 Å². The van der Waals surface area contributed by atoms with Gasteiger partial charge in [0.05, 0.1) is 11.4 Å². The molecule has 5 nitrogen and oxygen atoms in total. The Bertz CT molecular complexity index is 962. The normalized spacial score (nSPS) is 13.8. The summed E-state index contributed by atoms with van der Waals surface area (Å²) >= 11 is 3.23. The van der Waals surface area contributed by atoms with Crippen LogP contribution in [0.4, 0.5) is 4.39 Å². The molecule has 0 bridgehead atoms. The van der Waals surface area contributed by atoms with Crippen LogP contribution in [0.3, 0.4) is 0 Å². The van der Waals surface area contributed by atoms with Crippen LogP contribution in [0.2, 0.25) is 0 Å². The van der Waals surface area contributed by atoms with E-state index in [0.29, 0.717) is 27.1 Å². The Labute approximate surface area is 189 Å². The summed E-state index contributed by atoms with van der Waals surface area (Å²) in [7, 11) is 0. The van der Waals surface area contributed by atoms with E-state index < -0.39 is 5.97 Å². The molecule has 0 amide bonds. The molecular weight excluding hydrogens is 404 g/mol.